The fraction of sp³-hybridized carbons (Fsp3) is 1.00. The third-order valence-corrected chi connectivity index (χ3v) is 3.98. The predicted molar refractivity (Wildman–Crippen MR) is 76.9 cm³/mol. The van der Waals surface area contributed by atoms with Crippen LogP contribution in [0.2, 0.25) is 0 Å². The van der Waals surface area contributed by atoms with Gasteiger partial charge in [0.25, 0.3) is 0 Å². The van der Waals surface area contributed by atoms with Gasteiger partial charge in [0.1, 0.15) is 0 Å². The highest BCUT2D eigenvalue weighted by Crippen LogP contribution is 2.26. The van der Waals surface area contributed by atoms with Crippen molar-refractivity contribution in [1.82, 2.24) is 10.2 Å². The average molecular weight is 261 g/mol. The van der Waals surface area contributed by atoms with Crippen molar-refractivity contribution in [3.63, 3.8) is 0 Å². The molecule has 1 heterocycles. The molecule has 0 aromatic rings. The molecule has 17 heavy (non-hydrogen) atoms. The molecule has 1 N–H and O–H groups in total. The summed E-state index contributed by atoms with van der Waals surface area (Å²) in [5.74, 6) is 0. The summed E-state index contributed by atoms with van der Waals surface area (Å²) in [6.07, 6.45) is 7.17. The third kappa shape index (κ3) is 4.76. The first-order chi connectivity index (χ1) is 7.54. The van der Waals surface area contributed by atoms with Crippen LogP contribution in [0.5, 0.6) is 0 Å². The first kappa shape index (κ1) is 15.3. The number of likely N-dealkylation sites (tertiary alicyclic amines) is 1. The molecule has 0 bridgehead atoms. The lowest BCUT2D eigenvalue weighted by atomic mass is 9.96. The summed E-state index contributed by atoms with van der Waals surface area (Å²) in [7, 11) is 0. The van der Waals surface area contributed by atoms with E-state index in [0.717, 1.165) is 18.6 Å². The number of nitrogens with one attached hydrogen (secondary N) is 1. The van der Waals surface area contributed by atoms with Crippen molar-refractivity contribution in [3.8, 4) is 0 Å². The van der Waals surface area contributed by atoms with E-state index in [1.807, 2.05) is 0 Å². The van der Waals surface area contributed by atoms with Crippen molar-refractivity contribution in [3.05, 3.63) is 0 Å². The maximum atomic E-state index is 3.73. The highest BCUT2D eigenvalue weighted by atomic mass is 35.5. The number of rotatable bonds is 3. The molecule has 1 atom stereocenters. The molecule has 2 aliphatic rings. The SMILES string of the molecule is CC(C)(C)CNC1CCN(C2CCCC2)C1.Cl. The highest BCUT2D eigenvalue weighted by Gasteiger charge is 2.29. The molecule has 0 aromatic heterocycles. The fourth-order valence-electron chi connectivity index (χ4n) is 3.01. The van der Waals surface area contributed by atoms with Crippen molar-refractivity contribution in [2.24, 2.45) is 5.41 Å². The van der Waals surface area contributed by atoms with Gasteiger partial charge in [-0.1, -0.05) is 33.6 Å². The predicted octanol–water partition coefficient (Wildman–Crippen LogP) is 3.06. The maximum absolute atomic E-state index is 3.73. The Kier molecular flexibility index (Phi) is 5.75. The Hall–Kier alpha value is 0.210. The van der Waals surface area contributed by atoms with Gasteiger partial charge in [0, 0.05) is 31.7 Å². The molecule has 0 radical (unpaired) electrons. The summed E-state index contributed by atoms with van der Waals surface area (Å²) in [4.78, 5) is 2.73. The third-order valence-electron chi connectivity index (χ3n) is 3.98. The Morgan fingerprint density at radius 2 is 1.76 bits per heavy atom. The lowest BCUT2D eigenvalue weighted by Crippen LogP contribution is -2.39. The van der Waals surface area contributed by atoms with Gasteiger partial charge in [0.05, 0.1) is 0 Å². The van der Waals surface area contributed by atoms with Gasteiger partial charge in [-0.05, 0) is 24.7 Å². The number of hydrogen-bond acceptors (Lipinski definition) is 2. The van der Waals surface area contributed by atoms with Gasteiger partial charge in [-0.15, -0.1) is 12.4 Å². The molecule has 1 unspecified atom stereocenters. The number of halogens is 1. The second-order valence-corrected chi connectivity index (χ2v) is 6.86. The number of nitrogens with zero attached hydrogens (tertiary/aromatic N) is 1. The molecule has 102 valence electrons. The topological polar surface area (TPSA) is 15.3 Å². The van der Waals surface area contributed by atoms with Gasteiger partial charge < -0.3 is 5.32 Å². The minimum Gasteiger partial charge on any atom is -0.312 e. The molecule has 2 fully saturated rings. The molecule has 1 saturated heterocycles. The van der Waals surface area contributed by atoms with Gasteiger partial charge in [-0.25, -0.2) is 0 Å². The Bertz CT molecular complexity index is 219. The van der Waals surface area contributed by atoms with Crippen LogP contribution in [0.4, 0.5) is 0 Å². The normalized spacial score (nSPS) is 27.4. The first-order valence-electron chi connectivity index (χ1n) is 7.02. The number of hydrogen-bond donors (Lipinski definition) is 1. The Labute approximate surface area is 113 Å². The summed E-state index contributed by atoms with van der Waals surface area (Å²) in [5, 5.41) is 3.73. The lowest BCUT2D eigenvalue weighted by Gasteiger charge is -2.25. The van der Waals surface area contributed by atoms with Crippen molar-refractivity contribution in [2.75, 3.05) is 19.6 Å². The summed E-state index contributed by atoms with van der Waals surface area (Å²) >= 11 is 0. The van der Waals surface area contributed by atoms with Crippen molar-refractivity contribution in [2.45, 2.75) is 65.0 Å². The van der Waals surface area contributed by atoms with Gasteiger partial charge in [-0.3, -0.25) is 4.90 Å². The molecule has 1 saturated carbocycles. The molecule has 0 spiro atoms. The second kappa shape index (κ2) is 6.40. The van der Waals surface area contributed by atoms with Crippen LogP contribution in [0.1, 0.15) is 52.9 Å². The molecule has 1 aliphatic carbocycles. The van der Waals surface area contributed by atoms with Crippen LogP contribution in [0.25, 0.3) is 0 Å². The quantitative estimate of drug-likeness (QED) is 0.839. The fourth-order valence-corrected chi connectivity index (χ4v) is 3.01. The van der Waals surface area contributed by atoms with Crippen molar-refractivity contribution < 1.29 is 0 Å². The van der Waals surface area contributed by atoms with E-state index < -0.39 is 0 Å². The minimum absolute atomic E-state index is 0. The van der Waals surface area contributed by atoms with Gasteiger partial charge in [0.2, 0.25) is 0 Å². The van der Waals surface area contributed by atoms with Crippen LogP contribution in [0.15, 0.2) is 0 Å². The lowest BCUT2D eigenvalue weighted by molar-refractivity contribution is 0.237. The van der Waals surface area contributed by atoms with E-state index >= 15 is 0 Å². The van der Waals surface area contributed by atoms with Gasteiger partial charge in [-0.2, -0.15) is 0 Å². The van der Waals surface area contributed by atoms with Crippen molar-refractivity contribution >= 4 is 12.4 Å². The van der Waals surface area contributed by atoms with E-state index in [4.69, 9.17) is 0 Å². The summed E-state index contributed by atoms with van der Waals surface area (Å²) < 4.78 is 0. The zero-order valence-electron chi connectivity index (χ0n) is 11.7. The minimum atomic E-state index is 0. The molecule has 0 aromatic carbocycles. The maximum Gasteiger partial charge on any atom is 0.0207 e. The van der Waals surface area contributed by atoms with Gasteiger partial charge in [0.15, 0.2) is 0 Å². The Balaban J connectivity index is 0.00000144. The van der Waals surface area contributed by atoms with Crippen LogP contribution >= 0.6 is 12.4 Å². The zero-order valence-corrected chi connectivity index (χ0v) is 12.5. The monoisotopic (exact) mass is 260 g/mol. The molecule has 2 nitrogen and oxygen atoms in total. The largest absolute Gasteiger partial charge is 0.312 e. The van der Waals surface area contributed by atoms with Crippen LogP contribution in [-0.4, -0.2) is 36.6 Å². The molecule has 2 rings (SSSR count). The van der Waals surface area contributed by atoms with E-state index in [-0.39, 0.29) is 12.4 Å². The van der Waals surface area contributed by atoms with Crippen LogP contribution < -0.4 is 5.32 Å². The van der Waals surface area contributed by atoms with E-state index in [1.165, 1.54) is 45.2 Å². The summed E-state index contributed by atoms with van der Waals surface area (Å²) in [6, 6.07) is 1.67. The Morgan fingerprint density at radius 1 is 1.12 bits per heavy atom. The van der Waals surface area contributed by atoms with E-state index in [2.05, 4.69) is 31.0 Å². The molecule has 3 heteroatoms. The summed E-state index contributed by atoms with van der Waals surface area (Å²) in [5.41, 5.74) is 0.417. The molecule has 1 aliphatic heterocycles. The van der Waals surface area contributed by atoms with Crippen LogP contribution in [0, 0.1) is 5.41 Å². The molecular formula is C14H29ClN2. The van der Waals surface area contributed by atoms with Crippen LogP contribution in [0.3, 0.4) is 0 Å². The zero-order chi connectivity index (χ0) is 11.6. The van der Waals surface area contributed by atoms with Crippen molar-refractivity contribution in [1.29, 1.82) is 0 Å². The smallest absolute Gasteiger partial charge is 0.0207 e. The highest BCUT2D eigenvalue weighted by molar-refractivity contribution is 5.85. The molecular weight excluding hydrogens is 232 g/mol. The average Bonchev–Trinajstić information content (AvgIpc) is 2.84. The summed E-state index contributed by atoms with van der Waals surface area (Å²) in [6.45, 7) is 10.7. The van der Waals surface area contributed by atoms with E-state index in [9.17, 15) is 0 Å². The van der Waals surface area contributed by atoms with E-state index in [0.29, 0.717) is 5.41 Å². The first-order valence-corrected chi connectivity index (χ1v) is 7.02. The second-order valence-electron chi connectivity index (χ2n) is 6.86. The van der Waals surface area contributed by atoms with E-state index in [1.54, 1.807) is 0 Å². The molecule has 0 amide bonds. The Morgan fingerprint density at radius 3 is 2.35 bits per heavy atom. The van der Waals surface area contributed by atoms with Crippen LogP contribution in [-0.2, 0) is 0 Å². The van der Waals surface area contributed by atoms with Gasteiger partial charge >= 0.3 is 0 Å². The standard InChI is InChI=1S/C14H28N2.ClH/c1-14(2,3)11-15-12-8-9-16(10-12)13-6-4-5-7-13;/h12-13,15H,4-11H2,1-3H3;1H.